The maximum absolute atomic E-state index is 9.79. The van der Waals surface area contributed by atoms with Crippen LogP contribution in [0.15, 0.2) is 42.5 Å². The topological polar surface area (TPSA) is 33.0 Å². The highest BCUT2D eigenvalue weighted by Crippen LogP contribution is 2.41. The van der Waals surface area contributed by atoms with Gasteiger partial charge in [0.05, 0.1) is 0 Å². The van der Waals surface area contributed by atoms with E-state index < -0.39 is 13.9 Å². The van der Waals surface area contributed by atoms with Crippen molar-refractivity contribution in [3.05, 3.63) is 48.0 Å². The van der Waals surface area contributed by atoms with Gasteiger partial charge in [-0.2, -0.15) is 5.26 Å². The zero-order valence-electron chi connectivity index (χ0n) is 14.4. The highest BCUT2D eigenvalue weighted by molar-refractivity contribution is 6.74. The van der Waals surface area contributed by atoms with E-state index in [-0.39, 0.29) is 5.04 Å². The fourth-order valence-electron chi connectivity index (χ4n) is 2.30. The number of rotatable bonds is 3. The van der Waals surface area contributed by atoms with Crippen molar-refractivity contribution in [3.63, 3.8) is 0 Å². The maximum atomic E-state index is 9.79. The minimum atomic E-state index is -2.03. The van der Waals surface area contributed by atoms with Gasteiger partial charge in [0.25, 0.3) is 0 Å². The smallest absolute Gasteiger partial charge is 0.194 e. The lowest BCUT2D eigenvalue weighted by Crippen LogP contribution is -2.46. The summed E-state index contributed by atoms with van der Waals surface area (Å²) < 4.78 is 6.45. The van der Waals surface area contributed by atoms with Gasteiger partial charge < -0.3 is 4.43 Å². The van der Waals surface area contributed by atoms with E-state index in [1.165, 1.54) is 5.39 Å². The van der Waals surface area contributed by atoms with Gasteiger partial charge in [-0.05, 0) is 47.5 Å². The van der Waals surface area contributed by atoms with Crippen LogP contribution in [0.2, 0.25) is 18.1 Å². The predicted octanol–water partition coefficient (Wildman–Crippen LogP) is 5.60. The SMILES string of the molecule is CC(C#N)(O[Si](C)(C)C(C)(C)C)c1ccc2ccccc2c1. The molecule has 0 aliphatic carbocycles. The van der Waals surface area contributed by atoms with E-state index in [2.05, 4.69) is 64.2 Å². The van der Waals surface area contributed by atoms with Crippen LogP contribution in [0.5, 0.6) is 0 Å². The van der Waals surface area contributed by atoms with E-state index in [1.807, 2.05) is 25.1 Å². The summed E-state index contributed by atoms with van der Waals surface area (Å²) >= 11 is 0. The normalized spacial score (nSPS) is 15.3. The van der Waals surface area contributed by atoms with E-state index in [0.717, 1.165) is 10.9 Å². The molecule has 1 atom stereocenters. The lowest BCUT2D eigenvalue weighted by atomic mass is 9.95. The van der Waals surface area contributed by atoms with Crippen molar-refractivity contribution in [2.75, 3.05) is 0 Å². The Hall–Kier alpha value is -1.63. The van der Waals surface area contributed by atoms with Crippen molar-refractivity contribution in [3.8, 4) is 6.07 Å². The van der Waals surface area contributed by atoms with Crippen molar-refractivity contribution in [2.45, 2.75) is 51.4 Å². The molecule has 0 amide bonds. The van der Waals surface area contributed by atoms with Gasteiger partial charge in [0, 0.05) is 0 Å². The Morgan fingerprint density at radius 3 is 2.09 bits per heavy atom. The van der Waals surface area contributed by atoms with Crippen molar-refractivity contribution in [1.82, 2.24) is 0 Å². The van der Waals surface area contributed by atoms with Crippen molar-refractivity contribution in [2.24, 2.45) is 0 Å². The summed E-state index contributed by atoms with van der Waals surface area (Å²) in [6.07, 6.45) is 0. The number of hydrogen-bond acceptors (Lipinski definition) is 2. The van der Waals surface area contributed by atoms with E-state index in [4.69, 9.17) is 4.43 Å². The predicted molar refractivity (Wildman–Crippen MR) is 95.2 cm³/mol. The van der Waals surface area contributed by atoms with Gasteiger partial charge in [0.1, 0.15) is 6.07 Å². The average molecular weight is 312 g/mol. The molecule has 3 heteroatoms. The van der Waals surface area contributed by atoms with Crippen LogP contribution in [0.3, 0.4) is 0 Å². The third-order valence-electron chi connectivity index (χ3n) is 4.78. The van der Waals surface area contributed by atoms with Crippen LogP contribution >= 0.6 is 0 Å². The number of nitriles is 1. The zero-order valence-corrected chi connectivity index (χ0v) is 15.4. The molecule has 2 aromatic rings. The van der Waals surface area contributed by atoms with Crippen molar-refractivity contribution >= 4 is 19.1 Å². The molecule has 0 heterocycles. The quantitative estimate of drug-likeness (QED) is 0.691. The van der Waals surface area contributed by atoms with Gasteiger partial charge in [-0.1, -0.05) is 57.2 Å². The van der Waals surface area contributed by atoms with Crippen LogP contribution in [0.25, 0.3) is 10.8 Å². The highest BCUT2D eigenvalue weighted by Gasteiger charge is 2.44. The second-order valence-corrected chi connectivity index (χ2v) is 12.3. The number of hydrogen-bond donors (Lipinski definition) is 0. The molecular weight excluding hydrogens is 286 g/mol. The van der Waals surface area contributed by atoms with Gasteiger partial charge in [-0.3, -0.25) is 0 Å². The first-order valence-corrected chi connectivity index (χ1v) is 10.6. The fraction of sp³-hybridized carbons (Fsp3) is 0.421. The van der Waals surface area contributed by atoms with E-state index in [0.29, 0.717) is 0 Å². The molecule has 0 aliphatic heterocycles. The molecule has 0 saturated heterocycles. The Morgan fingerprint density at radius 1 is 0.955 bits per heavy atom. The molecule has 2 aromatic carbocycles. The highest BCUT2D eigenvalue weighted by atomic mass is 28.4. The standard InChI is InChI=1S/C19H25NOSi/c1-18(2,3)22(5,6)21-19(4,14-20)17-12-11-15-9-7-8-10-16(15)13-17/h7-13H,1-6H3. The second-order valence-electron chi connectivity index (χ2n) is 7.57. The fourth-order valence-corrected chi connectivity index (χ4v) is 3.79. The van der Waals surface area contributed by atoms with Crippen molar-refractivity contribution in [1.29, 1.82) is 5.26 Å². The zero-order chi connectivity index (χ0) is 16.6. The van der Waals surface area contributed by atoms with E-state index in [1.54, 1.807) is 0 Å². The lowest BCUT2D eigenvalue weighted by molar-refractivity contribution is 0.129. The van der Waals surface area contributed by atoms with Crippen LogP contribution in [0.4, 0.5) is 0 Å². The molecule has 0 radical (unpaired) electrons. The molecule has 0 saturated carbocycles. The van der Waals surface area contributed by atoms with E-state index in [9.17, 15) is 5.26 Å². The first-order valence-electron chi connectivity index (χ1n) is 7.70. The summed E-state index contributed by atoms with van der Waals surface area (Å²) in [5.41, 5.74) is 0.0195. The third kappa shape index (κ3) is 3.09. The number of nitrogens with zero attached hydrogens (tertiary/aromatic N) is 1. The van der Waals surface area contributed by atoms with Crippen LogP contribution in [-0.4, -0.2) is 8.32 Å². The molecule has 0 aliphatic rings. The molecule has 1 unspecified atom stereocenters. The first kappa shape index (κ1) is 16.7. The summed E-state index contributed by atoms with van der Waals surface area (Å²) in [5, 5.41) is 12.2. The molecular formula is C19H25NOSi. The van der Waals surface area contributed by atoms with Crippen LogP contribution in [0.1, 0.15) is 33.3 Å². The third-order valence-corrected chi connectivity index (χ3v) is 9.31. The summed E-state index contributed by atoms with van der Waals surface area (Å²) in [5.74, 6) is 0. The molecule has 0 fully saturated rings. The second kappa shape index (κ2) is 5.53. The molecule has 0 spiro atoms. The van der Waals surface area contributed by atoms with Crippen LogP contribution in [-0.2, 0) is 10.0 Å². The summed E-state index contributed by atoms with van der Waals surface area (Å²) in [6.45, 7) is 12.8. The Balaban J connectivity index is 2.47. The number of benzene rings is 2. The largest absolute Gasteiger partial charge is 0.396 e. The van der Waals surface area contributed by atoms with Gasteiger partial charge >= 0.3 is 0 Å². The Labute approximate surface area is 134 Å². The Kier molecular flexibility index (Phi) is 4.21. The molecule has 2 rings (SSSR count). The van der Waals surface area contributed by atoms with Gasteiger partial charge in [0.15, 0.2) is 13.9 Å². The minimum absolute atomic E-state index is 0.0714. The van der Waals surface area contributed by atoms with Gasteiger partial charge in [-0.25, -0.2) is 0 Å². The minimum Gasteiger partial charge on any atom is -0.396 e. The maximum Gasteiger partial charge on any atom is 0.194 e. The molecule has 22 heavy (non-hydrogen) atoms. The van der Waals surface area contributed by atoms with Gasteiger partial charge in [0.2, 0.25) is 0 Å². The Bertz CT molecular complexity index is 724. The molecule has 116 valence electrons. The lowest BCUT2D eigenvalue weighted by Gasteiger charge is -2.41. The number of fused-ring (bicyclic) bond motifs is 1. The molecule has 0 bridgehead atoms. The molecule has 0 N–H and O–H groups in total. The van der Waals surface area contributed by atoms with Crippen molar-refractivity contribution < 1.29 is 4.43 Å². The summed E-state index contributed by atoms with van der Waals surface area (Å²) in [4.78, 5) is 0. The van der Waals surface area contributed by atoms with E-state index >= 15 is 0 Å². The van der Waals surface area contributed by atoms with Gasteiger partial charge in [-0.15, -0.1) is 0 Å². The Morgan fingerprint density at radius 2 is 1.55 bits per heavy atom. The molecule has 0 aromatic heterocycles. The first-order chi connectivity index (χ1) is 10.1. The summed E-state index contributed by atoms with van der Waals surface area (Å²) in [7, 11) is -2.03. The summed E-state index contributed by atoms with van der Waals surface area (Å²) in [6, 6.07) is 16.7. The van der Waals surface area contributed by atoms with Crippen LogP contribution in [0, 0.1) is 11.3 Å². The average Bonchev–Trinajstić information content (AvgIpc) is 2.45. The monoisotopic (exact) mass is 311 g/mol. The molecule has 2 nitrogen and oxygen atoms in total. The van der Waals surface area contributed by atoms with Crippen LogP contribution < -0.4 is 0 Å².